The molecule has 0 unspecified atom stereocenters. The van der Waals surface area contributed by atoms with Crippen LogP contribution >= 0.6 is 11.8 Å². The lowest BCUT2D eigenvalue weighted by atomic mass is 10.3. The van der Waals surface area contributed by atoms with Gasteiger partial charge in [-0.3, -0.25) is 0 Å². The van der Waals surface area contributed by atoms with Crippen molar-refractivity contribution in [1.82, 2.24) is 15.3 Å². The van der Waals surface area contributed by atoms with E-state index in [0.717, 1.165) is 24.0 Å². The van der Waals surface area contributed by atoms with Crippen LogP contribution in [0.3, 0.4) is 0 Å². The van der Waals surface area contributed by atoms with Crippen molar-refractivity contribution in [3.05, 3.63) is 12.4 Å². The van der Waals surface area contributed by atoms with E-state index in [1.807, 2.05) is 6.20 Å². The number of hydrogen-bond acceptors (Lipinski definition) is 3. The zero-order valence-corrected chi connectivity index (χ0v) is 8.86. The molecular formula is C9H17N3S. The molecule has 0 aromatic carbocycles. The predicted molar refractivity (Wildman–Crippen MR) is 57.1 cm³/mol. The van der Waals surface area contributed by atoms with Crippen LogP contribution in [0.2, 0.25) is 0 Å². The molecule has 13 heavy (non-hydrogen) atoms. The first kappa shape index (κ1) is 10.6. The number of nitrogens with zero attached hydrogens (tertiary/aromatic N) is 1. The summed E-state index contributed by atoms with van der Waals surface area (Å²) in [6.07, 6.45) is 6.15. The number of aromatic amines is 1. The Morgan fingerprint density at radius 3 is 3.15 bits per heavy atom. The Morgan fingerprint density at radius 1 is 1.54 bits per heavy atom. The number of unbranched alkanes of at least 4 members (excludes halogenated alkanes) is 1. The van der Waals surface area contributed by atoms with E-state index in [2.05, 4.69) is 22.2 Å². The Labute approximate surface area is 83.7 Å². The Hall–Kier alpha value is -0.480. The molecule has 1 aromatic rings. The molecule has 0 aliphatic carbocycles. The third kappa shape index (κ3) is 4.95. The fraction of sp³-hybridized carbons (Fsp3) is 0.667. The van der Waals surface area contributed by atoms with Gasteiger partial charge in [0.1, 0.15) is 0 Å². The summed E-state index contributed by atoms with van der Waals surface area (Å²) in [5.41, 5.74) is 0. The van der Waals surface area contributed by atoms with E-state index in [4.69, 9.17) is 0 Å². The topological polar surface area (TPSA) is 40.7 Å². The molecule has 0 fully saturated rings. The van der Waals surface area contributed by atoms with Crippen molar-refractivity contribution in [1.29, 1.82) is 0 Å². The van der Waals surface area contributed by atoms with Crippen LogP contribution in [0.15, 0.2) is 17.6 Å². The van der Waals surface area contributed by atoms with Crippen molar-refractivity contribution in [3.63, 3.8) is 0 Å². The van der Waals surface area contributed by atoms with Gasteiger partial charge in [0.2, 0.25) is 0 Å². The maximum absolute atomic E-state index is 4.14. The summed E-state index contributed by atoms with van der Waals surface area (Å²) in [5, 5.41) is 4.34. The third-order valence-corrected chi connectivity index (χ3v) is 2.70. The van der Waals surface area contributed by atoms with Crippen molar-refractivity contribution in [2.24, 2.45) is 0 Å². The maximum Gasteiger partial charge on any atom is 0.165 e. The number of hydrogen-bond donors (Lipinski definition) is 2. The van der Waals surface area contributed by atoms with Gasteiger partial charge in [0, 0.05) is 18.1 Å². The summed E-state index contributed by atoms with van der Waals surface area (Å²) in [7, 11) is 0. The summed E-state index contributed by atoms with van der Waals surface area (Å²) in [6, 6.07) is 0. The summed E-state index contributed by atoms with van der Waals surface area (Å²) in [5.74, 6) is 1.15. The van der Waals surface area contributed by atoms with Gasteiger partial charge in [-0.25, -0.2) is 4.98 Å². The highest BCUT2D eigenvalue weighted by Gasteiger charge is 1.94. The van der Waals surface area contributed by atoms with Gasteiger partial charge in [0.15, 0.2) is 5.16 Å². The van der Waals surface area contributed by atoms with Crippen LogP contribution in [0.25, 0.3) is 0 Å². The van der Waals surface area contributed by atoms with Crippen LogP contribution in [0.4, 0.5) is 0 Å². The molecule has 74 valence electrons. The van der Waals surface area contributed by atoms with Crippen molar-refractivity contribution in [3.8, 4) is 0 Å². The van der Waals surface area contributed by atoms with Crippen LogP contribution in [-0.2, 0) is 0 Å². The lowest BCUT2D eigenvalue weighted by Crippen LogP contribution is -2.13. The molecule has 0 amide bonds. The average molecular weight is 199 g/mol. The second kappa shape index (κ2) is 6.97. The largest absolute Gasteiger partial charge is 0.340 e. The molecular weight excluding hydrogens is 182 g/mol. The van der Waals surface area contributed by atoms with Crippen LogP contribution in [0.5, 0.6) is 0 Å². The van der Waals surface area contributed by atoms with Gasteiger partial charge in [-0.2, -0.15) is 0 Å². The second-order valence-corrected chi connectivity index (χ2v) is 3.89. The lowest BCUT2D eigenvalue weighted by molar-refractivity contribution is 0.666. The van der Waals surface area contributed by atoms with E-state index in [9.17, 15) is 0 Å². The number of aromatic nitrogens is 2. The van der Waals surface area contributed by atoms with Gasteiger partial charge >= 0.3 is 0 Å². The molecule has 0 saturated heterocycles. The minimum Gasteiger partial charge on any atom is -0.340 e. The molecule has 0 aliphatic rings. The first-order valence-electron chi connectivity index (χ1n) is 4.76. The van der Waals surface area contributed by atoms with E-state index >= 15 is 0 Å². The lowest BCUT2D eigenvalue weighted by Gasteiger charge is -2.00. The molecule has 0 bridgehead atoms. The highest BCUT2D eigenvalue weighted by atomic mass is 32.2. The molecule has 0 atom stereocenters. The summed E-state index contributed by atoms with van der Waals surface area (Å²) in [6.45, 7) is 4.35. The highest BCUT2D eigenvalue weighted by molar-refractivity contribution is 7.99. The zero-order chi connectivity index (χ0) is 9.36. The number of imidazole rings is 1. The normalized spacial score (nSPS) is 10.5. The van der Waals surface area contributed by atoms with Crippen molar-refractivity contribution < 1.29 is 0 Å². The van der Waals surface area contributed by atoms with E-state index in [0.29, 0.717) is 0 Å². The highest BCUT2D eigenvalue weighted by Crippen LogP contribution is 2.12. The Bertz CT molecular complexity index is 199. The molecule has 1 aromatic heterocycles. The summed E-state index contributed by atoms with van der Waals surface area (Å²) < 4.78 is 0. The second-order valence-electron chi connectivity index (χ2n) is 2.80. The fourth-order valence-electron chi connectivity index (χ4n) is 1.03. The average Bonchev–Trinajstić information content (AvgIpc) is 2.63. The van der Waals surface area contributed by atoms with Crippen LogP contribution in [0.1, 0.15) is 19.8 Å². The van der Waals surface area contributed by atoms with Gasteiger partial charge in [-0.1, -0.05) is 18.7 Å². The minimum absolute atomic E-state index is 1.03. The molecule has 3 nitrogen and oxygen atoms in total. The standard InChI is InChI=1S/C9H17N3S/c1-2-10-5-3-4-8-13-9-11-6-7-12-9/h6-7,10H,2-5,8H2,1H3,(H,11,12). The number of H-pyrrole nitrogens is 1. The van der Waals surface area contributed by atoms with Crippen LogP contribution in [0, 0.1) is 0 Å². The zero-order valence-electron chi connectivity index (χ0n) is 8.05. The molecule has 4 heteroatoms. The van der Waals surface area contributed by atoms with Crippen molar-refractivity contribution in [2.45, 2.75) is 24.9 Å². The molecule has 1 rings (SSSR count). The maximum atomic E-state index is 4.14. The van der Waals surface area contributed by atoms with Crippen molar-refractivity contribution >= 4 is 11.8 Å². The minimum atomic E-state index is 1.03. The number of thioether (sulfide) groups is 1. The van der Waals surface area contributed by atoms with E-state index < -0.39 is 0 Å². The van der Waals surface area contributed by atoms with Gasteiger partial charge in [0.25, 0.3) is 0 Å². The number of rotatable bonds is 7. The molecule has 0 radical (unpaired) electrons. The van der Waals surface area contributed by atoms with Crippen molar-refractivity contribution in [2.75, 3.05) is 18.8 Å². The quantitative estimate of drug-likeness (QED) is 0.520. The van der Waals surface area contributed by atoms with Gasteiger partial charge in [0.05, 0.1) is 0 Å². The molecule has 0 saturated carbocycles. The first-order chi connectivity index (χ1) is 6.43. The SMILES string of the molecule is CCNCCCCSc1ncc[nH]1. The fourth-order valence-corrected chi connectivity index (χ4v) is 1.86. The smallest absolute Gasteiger partial charge is 0.165 e. The summed E-state index contributed by atoms with van der Waals surface area (Å²) in [4.78, 5) is 7.22. The molecule has 0 aliphatic heterocycles. The van der Waals surface area contributed by atoms with Gasteiger partial charge < -0.3 is 10.3 Å². The van der Waals surface area contributed by atoms with Crippen LogP contribution in [-0.4, -0.2) is 28.8 Å². The third-order valence-electron chi connectivity index (χ3n) is 1.71. The molecule has 1 heterocycles. The molecule has 2 N–H and O–H groups in total. The van der Waals surface area contributed by atoms with E-state index in [-0.39, 0.29) is 0 Å². The predicted octanol–water partition coefficient (Wildman–Crippen LogP) is 1.89. The summed E-state index contributed by atoms with van der Waals surface area (Å²) >= 11 is 1.79. The van der Waals surface area contributed by atoms with E-state index in [1.54, 1.807) is 18.0 Å². The Morgan fingerprint density at radius 2 is 2.46 bits per heavy atom. The number of nitrogens with one attached hydrogen (secondary N) is 2. The Balaban J connectivity index is 1.90. The van der Waals surface area contributed by atoms with E-state index in [1.165, 1.54) is 12.8 Å². The Kier molecular flexibility index (Phi) is 5.69. The van der Waals surface area contributed by atoms with Gasteiger partial charge in [-0.05, 0) is 25.9 Å². The monoisotopic (exact) mass is 199 g/mol. The first-order valence-corrected chi connectivity index (χ1v) is 5.75. The van der Waals surface area contributed by atoms with Gasteiger partial charge in [-0.15, -0.1) is 0 Å². The van der Waals surface area contributed by atoms with Crippen LogP contribution < -0.4 is 5.32 Å². The molecule has 0 spiro atoms.